The average molecular weight is 293 g/mol. The molecular formula is C15H27N5O. The fourth-order valence-corrected chi connectivity index (χ4v) is 3.08. The van der Waals surface area contributed by atoms with Crippen molar-refractivity contribution in [2.45, 2.75) is 53.1 Å². The minimum atomic E-state index is -0.0351. The summed E-state index contributed by atoms with van der Waals surface area (Å²) in [5, 5.41) is 3.98. The van der Waals surface area contributed by atoms with Crippen molar-refractivity contribution >= 4 is 11.6 Å². The monoisotopic (exact) mass is 293 g/mol. The Hall–Kier alpha value is -1.56. The first kappa shape index (κ1) is 15.8. The van der Waals surface area contributed by atoms with Crippen LogP contribution in [0.15, 0.2) is 4.79 Å². The molecule has 1 aliphatic heterocycles. The smallest absolute Gasteiger partial charge is 0.280 e. The zero-order valence-electron chi connectivity index (χ0n) is 14.0. The van der Waals surface area contributed by atoms with E-state index in [2.05, 4.69) is 37.7 Å². The van der Waals surface area contributed by atoms with Gasteiger partial charge in [-0.2, -0.15) is 0 Å². The topological polar surface area (TPSA) is 67.4 Å². The predicted octanol–water partition coefficient (Wildman–Crippen LogP) is 2.01. The average Bonchev–Trinajstić information content (AvgIpc) is 2.61. The van der Waals surface area contributed by atoms with Crippen LogP contribution in [0.4, 0.5) is 11.6 Å². The minimum Gasteiger partial charge on any atom is -0.369 e. The molecule has 1 unspecified atom stereocenters. The van der Waals surface area contributed by atoms with Crippen molar-refractivity contribution in [3.05, 3.63) is 16.0 Å². The van der Waals surface area contributed by atoms with Gasteiger partial charge >= 0.3 is 0 Å². The van der Waals surface area contributed by atoms with Gasteiger partial charge in [0.15, 0.2) is 0 Å². The summed E-state index contributed by atoms with van der Waals surface area (Å²) in [7, 11) is 3.90. The number of anilines is 2. The minimum absolute atomic E-state index is 0.0320. The van der Waals surface area contributed by atoms with Gasteiger partial charge in [-0.25, -0.2) is 9.99 Å². The van der Waals surface area contributed by atoms with E-state index in [4.69, 9.17) is 5.73 Å². The lowest BCUT2D eigenvalue weighted by Gasteiger charge is -2.34. The number of unbranched alkanes of at least 4 members (excludes halogenated alkanes) is 1. The highest BCUT2D eigenvalue weighted by molar-refractivity contribution is 5.55. The van der Waals surface area contributed by atoms with Crippen LogP contribution in [-0.2, 0) is 6.54 Å². The van der Waals surface area contributed by atoms with Gasteiger partial charge in [0.05, 0.1) is 11.7 Å². The molecule has 0 saturated carbocycles. The van der Waals surface area contributed by atoms with E-state index in [-0.39, 0.29) is 17.0 Å². The zero-order chi connectivity index (χ0) is 15.9. The molecule has 0 spiro atoms. The van der Waals surface area contributed by atoms with Crippen LogP contribution in [0.5, 0.6) is 0 Å². The molecule has 2 rings (SSSR count). The van der Waals surface area contributed by atoms with E-state index < -0.39 is 0 Å². The second-order valence-electron chi connectivity index (χ2n) is 6.88. The van der Waals surface area contributed by atoms with Crippen molar-refractivity contribution < 1.29 is 0 Å². The Kier molecular flexibility index (Phi) is 4.02. The molecule has 0 aliphatic carbocycles. The summed E-state index contributed by atoms with van der Waals surface area (Å²) in [5.41, 5.74) is 7.43. The fourth-order valence-electron chi connectivity index (χ4n) is 3.08. The van der Waals surface area contributed by atoms with Crippen molar-refractivity contribution in [3.63, 3.8) is 0 Å². The Morgan fingerprint density at radius 2 is 1.90 bits per heavy atom. The quantitative estimate of drug-likeness (QED) is 0.923. The van der Waals surface area contributed by atoms with Crippen LogP contribution in [0.1, 0.15) is 52.3 Å². The van der Waals surface area contributed by atoms with Gasteiger partial charge in [0, 0.05) is 20.6 Å². The van der Waals surface area contributed by atoms with Crippen LogP contribution in [0, 0.1) is 5.41 Å². The standard InChI is InChI=1S/C15H27N5O/c1-7-8-9-20-13(21)11-10(17-14(20)16)12(15(2,3)4)19(6)18(11)5/h12H,7-9H2,1-6H3,(H2,16,17). The molecule has 0 saturated heterocycles. The molecule has 0 fully saturated rings. The predicted molar refractivity (Wildman–Crippen MR) is 86.2 cm³/mol. The van der Waals surface area contributed by atoms with E-state index in [0.29, 0.717) is 18.2 Å². The molecule has 1 aromatic rings. The lowest BCUT2D eigenvalue weighted by molar-refractivity contribution is 0.137. The summed E-state index contributed by atoms with van der Waals surface area (Å²) in [5.74, 6) is 0.324. The van der Waals surface area contributed by atoms with Gasteiger partial charge in [0.1, 0.15) is 5.69 Å². The summed E-state index contributed by atoms with van der Waals surface area (Å²) in [6, 6.07) is 0.0494. The van der Waals surface area contributed by atoms with E-state index in [1.165, 1.54) is 0 Å². The molecular weight excluding hydrogens is 266 g/mol. The van der Waals surface area contributed by atoms with Crippen LogP contribution in [-0.4, -0.2) is 28.7 Å². The summed E-state index contributed by atoms with van der Waals surface area (Å²) in [6.07, 6.45) is 1.94. The van der Waals surface area contributed by atoms with Gasteiger partial charge in [-0.3, -0.25) is 9.36 Å². The number of nitrogens with zero attached hydrogens (tertiary/aromatic N) is 4. The first-order valence-electron chi connectivity index (χ1n) is 7.56. The largest absolute Gasteiger partial charge is 0.369 e. The molecule has 2 N–H and O–H groups in total. The van der Waals surface area contributed by atoms with E-state index in [1.807, 2.05) is 19.1 Å². The second-order valence-corrected chi connectivity index (χ2v) is 6.88. The van der Waals surface area contributed by atoms with Crippen LogP contribution in [0.25, 0.3) is 0 Å². The third kappa shape index (κ3) is 2.52. The van der Waals surface area contributed by atoms with Crippen LogP contribution < -0.4 is 16.3 Å². The molecule has 1 aromatic heterocycles. The molecule has 2 heterocycles. The van der Waals surface area contributed by atoms with Crippen molar-refractivity contribution in [1.82, 2.24) is 14.6 Å². The number of hydrazine groups is 1. The molecule has 0 amide bonds. The number of nitrogen functional groups attached to an aromatic ring is 1. The maximum absolute atomic E-state index is 12.8. The third-order valence-corrected chi connectivity index (χ3v) is 4.19. The lowest BCUT2D eigenvalue weighted by atomic mass is 9.85. The fraction of sp³-hybridized carbons (Fsp3) is 0.733. The number of fused-ring (bicyclic) bond motifs is 1. The lowest BCUT2D eigenvalue weighted by Crippen LogP contribution is -2.39. The molecule has 21 heavy (non-hydrogen) atoms. The van der Waals surface area contributed by atoms with Crippen molar-refractivity contribution in [1.29, 1.82) is 0 Å². The molecule has 118 valence electrons. The van der Waals surface area contributed by atoms with Crippen LogP contribution in [0.2, 0.25) is 0 Å². The number of aromatic nitrogens is 2. The second kappa shape index (κ2) is 5.33. The highest BCUT2D eigenvalue weighted by Gasteiger charge is 2.43. The van der Waals surface area contributed by atoms with E-state index in [0.717, 1.165) is 18.5 Å². The summed E-state index contributed by atoms with van der Waals surface area (Å²) < 4.78 is 1.59. The first-order valence-corrected chi connectivity index (χ1v) is 7.56. The Labute approximate surface area is 126 Å². The highest BCUT2D eigenvalue weighted by Crippen LogP contribution is 2.45. The maximum atomic E-state index is 12.8. The van der Waals surface area contributed by atoms with E-state index in [1.54, 1.807) is 4.57 Å². The Balaban J connectivity index is 2.61. The van der Waals surface area contributed by atoms with Gasteiger partial charge in [-0.1, -0.05) is 34.1 Å². The molecule has 6 heteroatoms. The van der Waals surface area contributed by atoms with Gasteiger partial charge < -0.3 is 10.7 Å². The summed E-state index contributed by atoms with van der Waals surface area (Å²) >= 11 is 0. The first-order chi connectivity index (χ1) is 9.70. The third-order valence-electron chi connectivity index (χ3n) is 4.19. The molecule has 1 atom stereocenters. The van der Waals surface area contributed by atoms with E-state index in [9.17, 15) is 4.79 Å². The van der Waals surface area contributed by atoms with Gasteiger partial charge in [0.2, 0.25) is 5.95 Å². The van der Waals surface area contributed by atoms with Crippen LogP contribution >= 0.6 is 0 Å². The SMILES string of the molecule is CCCCn1c(N)nc2c(c1=O)N(C)N(C)C2C(C)(C)C. The summed E-state index contributed by atoms with van der Waals surface area (Å²) in [4.78, 5) is 17.4. The van der Waals surface area contributed by atoms with E-state index >= 15 is 0 Å². The number of rotatable bonds is 3. The Bertz CT molecular complexity index is 587. The number of hydrogen-bond donors (Lipinski definition) is 1. The Morgan fingerprint density at radius 3 is 2.43 bits per heavy atom. The molecule has 0 aromatic carbocycles. The number of hydrogen-bond acceptors (Lipinski definition) is 5. The normalized spacial score (nSPS) is 19.1. The molecule has 1 aliphatic rings. The van der Waals surface area contributed by atoms with Gasteiger partial charge in [-0.15, -0.1) is 0 Å². The van der Waals surface area contributed by atoms with Crippen molar-refractivity contribution in [2.75, 3.05) is 24.8 Å². The van der Waals surface area contributed by atoms with Crippen molar-refractivity contribution in [2.24, 2.45) is 5.41 Å². The van der Waals surface area contributed by atoms with Crippen LogP contribution in [0.3, 0.4) is 0 Å². The molecule has 0 radical (unpaired) electrons. The zero-order valence-corrected chi connectivity index (χ0v) is 14.0. The van der Waals surface area contributed by atoms with Gasteiger partial charge in [-0.05, 0) is 11.8 Å². The molecule has 0 bridgehead atoms. The number of nitrogens with two attached hydrogens (primary N) is 1. The summed E-state index contributed by atoms with van der Waals surface area (Å²) in [6.45, 7) is 9.17. The van der Waals surface area contributed by atoms with Crippen molar-refractivity contribution in [3.8, 4) is 0 Å². The maximum Gasteiger partial charge on any atom is 0.280 e. The highest BCUT2D eigenvalue weighted by atomic mass is 16.1. The van der Waals surface area contributed by atoms with Gasteiger partial charge in [0.25, 0.3) is 5.56 Å². The molecule has 6 nitrogen and oxygen atoms in total. The Morgan fingerprint density at radius 1 is 1.29 bits per heavy atom.